The van der Waals surface area contributed by atoms with Crippen molar-refractivity contribution in [1.29, 1.82) is 0 Å². The minimum atomic E-state index is 0.473. The van der Waals surface area contributed by atoms with Gasteiger partial charge in [-0.2, -0.15) is 0 Å². The summed E-state index contributed by atoms with van der Waals surface area (Å²) in [5.41, 5.74) is 1.03. The largest absolute Gasteiger partial charge is 0.493 e. The van der Waals surface area contributed by atoms with Crippen LogP contribution in [0.3, 0.4) is 0 Å². The molecule has 0 saturated heterocycles. The molecule has 102 valence electrons. The Morgan fingerprint density at radius 2 is 2.11 bits per heavy atom. The van der Waals surface area contributed by atoms with Gasteiger partial charge in [0.05, 0.1) is 12.3 Å². The van der Waals surface area contributed by atoms with E-state index in [1.165, 1.54) is 12.8 Å². The van der Waals surface area contributed by atoms with Crippen molar-refractivity contribution in [3.05, 3.63) is 24.0 Å². The van der Waals surface area contributed by atoms with Gasteiger partial charge in [0.2, 0.25) is 0 Å². The van der Waals surface area contributed by atoms with Gasteiger partial charge in [-0.05, 0) is 18.4 Å². The summed E-state index contributed by atoms with van der Waals surface area (Å²) >= 11 is 0. The predicted octanol–water partition coefficient (Wildman–Crippen LogP) is 3.39. The second-order valence-corrected chi connectivity index (χ2v) is 5.22. The highest BCUT2D eigenvalue weighted by molar-refractivity contribution is 5.22. The molecule has 1 heterocycles. The molecule has 0 saturated carbocycles. The number of rotatable bonds is 8. The van der Waals surface area contributed by atoms with E-state index in [-0.39, 0.29) is 0 Å². The highest BCUT2D eigenvalue weighted by Gasteiger charge is 2.03. The number of aromatic nitrogens is 1. The van der Waals surface area contributed by atoms with Crippen LogP contribution in [-0.2, 0) is 6.54 Å². The van der Waals surface area contributed by atoms with Crippen molar-refractivity contribution in [2.75, 3.05) is 6.61 Å². The first-order valence-electron chi connectivity index (χ1n) is 6.93. The van der Waals surface area contributed by atoms with E-state index in [4.69, 9.17) is 4.74 Å². The molecule has 1 aromatic rings. The predicted molar refractivity (Wildman–Crippen MR) is 75.8 cm³/mol. The van der Waals surface area contributed by atoms with Crippen molar-refractivity contribution in [3.8, 4) is 5.75 Å². The van der Waals surface area contributed by atoms with Crippen molar-refractivity contribution < 1.29 is 4.74 Å². The van der Waals surface area contributed by atoms with E-state index in [0.717, 1.165) is 24.6 Å². The lowest BCUT2D eigenvalue weighted by atomic mass is 10.1. The van der Waals surface area contributed by atoms with Gasteiger partial charge >= 0.3 is 0 Å². The lowest BCUT2D eigenvalue weighted by Gasteiger charge is -2.13. The topological polar surface area (TPSA) is 34.1 Å². The Hall–Kier alpha value is -1.09. The average Bonchev–Trinajstić information content (AvgIpc) is 2.35. The van der Waals surface area contributed by atoms with Crippen molar-refractivity contribution in [3.63, 3.8) is 0 Å². The third kappa shape index (κ3) is 6.01. The fourth-order valence-corrected chi connectivity index (χ4v) is 1.77. The fourth-order valence-electron chi connectivity index (χ4n) is 1.77. The minimum Gasteiger partial charge on any atom is -0.493 e. The summed E-state index contributed by atoms with van der Waals surface area (Å²) in [4.78, 5) is 4.33. The third-order valence-electron chi connectivity index (χ3n) is 2.80. The maximum absolute atomic E-state index is 5.80. The van der Waals surface area contributed by atoms with E-state index in [0.29, 0.717) is 12.0 Å². The molecule has 0 amide bonds. The Bertz CT molecular complexity index is 339. The van der Waals surface area contributed by atoms with Crippen molar-refractivity contribution in [2.24, 2.45) is 5.92 Å². The minimum absolute atomic E-state index is 0.473. The molecular weight excluding hydrogens is 224 g/mol. The Kier molecular flexibility index (Phi) is 6.73. The monoisotopic (exact) mass is 250 g/mol. The van der Waals surface area contributed by atoms with E-state index >= 15 is 0 Å². The number of ether oxygens (including phenoxy) is 1. The molecule has 0 aliphatic carbocycles. The van der Waals surface area contributed by atoms with Gasteiger partial charge in [-0.1, -0.05) is 34.1 Å². The molecule has 0 spiro atoms. The molecule has 3 nitrogen and oxygen atoms in total. The van der Waals surface area contributed by atoms with Crippen LogP contribution in [0.15, 0.2) is 18.3 Å². The molecule has 0 bridgehead atoms. The molecule has 0 radical (unpaired) electrons. The summed E-state index contributed by atoms with van der Waals surface area (Å²) in [5.74, 6) is 1.54. The molecule has 0 aliphatic rings. The molecule has 0 aromatic carbocycles. The standard InChI is InChI=1S/C15H26N2O/c1-5-6-13(4)11-18-15-7-8-16-14(9-15)10-17-12(2)3/h7-9,12-13,17H,5-6,10-11H2,1-4H3. The molecule has 18 heavy (non-hydrogen) atoms. The maximum atomic E-state index is 5.80. The van der Waals surface area contributed by atoms with Crippen LogP contribution in [0.1, 0.15) is 46.2 Å². The Morgan fingerprint density at radius 1 is 1.33 bits per heavy atom. The molecule has 1 unspecified atom stereocenters. The average molecular weight is 250 g/mol. The van der Waals surface area contributed by atoms with Crippen LogP contribution in [0.4, 0.5) is 0 Å². The van der Waals surface area contributed by atoms with Crippen LogP contribution < -0.4 is 10.1 Å². The van der Waals surface area contributed by atoms with Gasteiger partial charge in [0.25, 0.3) is 0 Å². The number of hydrogen-bond acceptors (Lipinski definition) is 3. The van der Waals surface area contributed by atoms with Gasteiger partial charge in [-0.25, -0.2) is 0 Å². The zero-order valence-corrected chi connectivity index (χ0v) is 12.1. The number of nitrogens with one attached hydrogen (secondary N) is 1. The number of pyridine rings is 1. The quantitative estimate of drug-likeness (QED) is 0.768. The normalized spacial score (nSPS) is 12.7. The lowest BCUT2D eigenvalue weighted by molar-refractivity contribution is 0.251. The third-order valence-corrected chi connectivity index (χ3v) is 2.80. The van der Waals surface area contributed by atoms with E-state index in [2.05, 4.69) is 38.0 Å². The highest BCUT2D eigenvalue weighted by Crippen LogP contribution is 2.14. The lowest BCUT2D eigenvalue weighted by Crippen LogP contribution is -2.22. The van der Waals surface area contributed by atoms with Crippen LogP contribution >= 0.6 is 0 Å². The molecule has 0 fully saturated rings. The van der Waals surface area contributed by atoms with Gasteiger partial charge in [-0.15, -0.1) is 0 Å². The SMILES string of the molecule is CCCC(C)COc1ccnc(CNC(C)C)c1. The zero-order valence-electron chi connectivity index (χ0n) is 12.1. The summed E-state index contributed by atoms with van der Waals surface area (Å²) in [5, 5.41) is 3.36. The van der Waals surface area contributed by atoms with Crippen LogP contribution in [0, 0.1) is 5.92 Å². The summed E-state index contributed by atoms with van der Waals surface area (Å²) < 4.78 is 5.80. The van der Waals surface area contributed by atoms with Gasteiger partial charge < -0.3 is 10.1 Å². The summed E-state index contributed by atoms with van der Waals surface area (Å²) in [6.07, 6.45) is 4.24. The number of nitrogens with zero attached hydrogens (tertiary/aromatic N) is 1. The first-order valence-corrected chi connectivity index (χ1v) is 6.93. The summed E-state index contributed by atoms with van der Waals surface area (Å²) in [6.45, 7) is 10.3. The van der Waals surface area contributed by atoms with Crippen molar-refractivity contribution >= 4 is 0 Å². The van der Waals surface area contributed by atoms with Crippen molar-refractivity contribution in [2.45, 2.75) is 53.1 Å². The van der Waals surface area contributed by atoms with Gasteiger partial charge in [0.15, 0.2) is 0 Å². The molecule has 0 aliphatic heterocycles. The van der Waals surface area contributed by atoms with Crippen LogP contribution in [0.5, 0.6) is 5.75 Å². The van der Waals surface area contributed by atoms with E-state index in [1.54, 1.807) is 0 Å². The molecule has 1 aromatic heterocycles. The molecule has 1 rings (SSSR count). The van der Waals surface area contributed by atoms with Crippen molar-refractivity contribution in [1.82, 2.24) is 10.3 Å². The van der Waals surface area contributed by atoms with E-state index in [9.17, 15) is 0 Å². The van der Waals surface area contributed by atoms with Crippen LogP contribution in [0.2, 0.25) is 0 Å². The first-order chi connectivity index (χ1) is 8.61. The van der Waals surface area contributed by atoms with Crippen LogP contribution in [-0.4, -0.2) is 17.6 Å². The number of hydrogen-bond donors (Lipinski definition) is 1. The first kappa shape index (κ1) is 15.0. The Balaban J connectivity index is 2.43. The summed E-state index contributed by atoms with van der Waals surface area (Å²) in [7, 11) is 0. The smallest absolute Gasteiger partial charge is 0.122 e. The molecular formula is C15H26N2O. The van der Waals surface area contributed by atoms with E-state index < -0.39 is 0 Å². The fraction of sp³-hybridized carbons (Fsp3) is 0.667. The van der Waals surface area contributed by atoms with Gasteiger partial charge in [0.1, 0.15) is 5.75 Å². The second kappa shape index (κ2) is 8.09. The second-order valence-electron chi connectivity index (χ2n) is 5.22. The van der Waals surface area contributed by atoms with Gasteiger partial charge in [0, 0.05) is 24.8 Å². The van der Waals surface area contributed by atoms with Crippen LogP contribution in [0.25, 0.3) is 0 Å². The maximum Gasteiger partial charge on any atom is 0.122 e. The Labute approximate surface area is 111 Å². The molecule has 3 heteroatoms. The highest BCUT2D eigenvalue weighted by atomic mass is 16.5. The molecule has 1 atom stereocenters. The van der Waals surface area contributed by atoms with E-state index in [1.807, 2.05) is 18.3 Å². The molecule has 1 N–H and O–H groups in total. The zero-order chi connectivity index (χ0) is 13.4. The Morgan fingerprint density at radius 3 is 2.78 bits per heavy atom. The summed E-state index contributed by atoms with van der Waals surface area (Å²) in [6, 6.07) is 4.42. The van der Waals surface area contributed by atoms with Gasteiger partial charge in [-0.3, -0.25) is 4.98 Å².